The van der Waals surface area contributed by atoms with Gasteiger partial charge in [-0.05, 0) is 6.92 Å². The molecule has 1 aromatic heterocycles. The van der Waals surface area contributed by atoms with E-state index in [4.69, 9.17) is 9.47 Å². The van der Waals surface area contributed by atoms with E-state index in [9.17, 15) is 0 Å². The Balaban J connectivity index is 2.11. The van der Waals surface area contributed by atoms with E-state index in [1.54, 1.807) is 25.6 Å². The van der Waals surface area contributed by atoms with Gasteiger partial charge in [-0.15, -0.1) is 11.3 Å². The SMILES string of the molecule is COc1cc(NCc2scnc2C)cc(OC)c1. The number of thiazole rings is 1. The summed E-state index contributed by atoms with van der Waals surface area (Å²) in [4.78, 5) is 5.46. The number of nitrogens with zero attached hydrogens (tertiary/aromatic N) is 1. The first-order valence-corrected chi connectivity index (χ1v) is 6.47. The van der Waals surface area contributed by atoms with Crippen molar-refractivity contribution in [2.45, 2.75) is 13.5 Å². The fraction of sp³-hybridized carbons (Fsp3) is 0.308. The number of aromatic nitrogens is 1. The maximum atomic E-state index is 5.23. The zero-order valence-corrected chi connectivity index (χ0v) is 11.5. The molecule has 0 aliphatic rings. The van der Waals surface area contributed by atoms with Crippen LogP contribution in [-0.4, -0.2) is 19.2 Å². The minimum Gasteiger partial charge on any atom is -0.497 e. The summed E-state index contributed by atoms with van der Waals surface area (Å²) < 4.78 is 10.5. The number of nitrogens with one attached hydrogen (secondary N) is 1. The summed E-state index contributed by atoms with van der Waals surface area (Å²) >= 11 is 1.65. The highest BCUT2D eigenvalue weighted by atomic mass is 32.1. The van der Waals surface area contributed by atoms with Crippen molar-refractivity contribution < 1.29 is 9.47 Å². The molecule has 0 bridgehead atoms. The lowest BCUT2D eigenvalue weighted by atomic mass is 10.2. The van der Waals surface area contributed by atoms with Gasteiger partial charge in [0.2, 0.25) is 0 Å². The van der Waals surface area contributed by atoms with E-state index in [2.05, 4.69) is 10.3 Å². The average molecular weight is 264 g/mol. The van der Waals surface area contributed by atoms with Crippen LogP contribution in [0.25, 0.3) is 0 Å². The third-order valence-electron chi connectivity index (χ3n) is 2.65. The Hall–Kier alpha value is -1.75. The van der Waals surface area contributed by atoms with Gasteiger partial charge >= 0.3 is 0 Å². The van der Waals surface area contributed by atoms with E-state index in [-0.39, 0.29) is 0 Å². The van der Waals surface area contributed by atoms with E-state index < -0.39 is 0 Å². The van der Waals surface area contributed by atoms with Gasteiger partial charge in [-0.25, -0.2) is 4.98 Å². The van der Waals surface area contributed by atoms with Gasteiger partial charge in [0.05, 0.1) is 32.0 Å². The lowest BCUT2D eigenvalue weighted by Gasteiger charge is -2.10. The minimum absolute atomic E-state index is 0.757. The number of rotatable bonds is 5. The molecule has 2 rings (SSSR count). The molecule has 0 spiro atoms. The van der Waals surface area contributed by atoms with Crippen molar-refractivity contribution in [1.82, 2.24) is 4.98 Å². The Bertz CT molecular complexity index is 503. The van der Waals surface area contributed by atoms with Crippen molar-refractivity contribution in [2.75, 3.05) is 19.5 Å². The summed E-state index contributed by atoms with van der Waals surface area (Å²) in [5, 5.41) is 3.35. The maximum absolute atomic E-state index is 5.23. The number of aryl methyl sites for hydroxylation is 1. The van der Waals surface area contributed by atoms with Crippen molar-refractivity contribution in [1.29, 1.82) is 0 Å². The van der Waals surface area contributed by atoms with Crippen LogP contribution in [0.1, 0.15) is 10.6 Å². The number of benzene rings is 1. The fourth-order valence-corrected chi connectivity index (χ4v) is 2.30. The molecule has 0 unspecified atom stereocenters. The second-order valence-corrected chi connectivity index (χ2v) is 4.76. The summed E-state index contributed by atoms with van der Waals surface area (Å²) in [6.07, 6.45) is 0. The third kappa shape index (κ3) is 2.92. The van der Waals surface area contributed by atoms with Crippen molar-refractivity contribution in [3.05, 3.63) is 34.3 Å². The predicted molar refractivity (Wildman–Crippen MR) is 73.7 cm³/mol. The average Bonchev–Trinajstić information content (AvgIpc) is 2.81. The zero-order valence-electron chi connectivity index (χ0n) is 10.7. The van der Waals surface area contributed by atoms with Crippen LogP contribution in [0.5, 0.6) is 11.5 Å². The first-order chi connectivity index (χ1) is 8.72. The molecule has 1 heterocycles. The highest BCUT2D eigenvalue weighted by Gasteiger charge is 2.04. The predicted octanol–water partition coefficient (Wildman–Crippen LogP) is 3.08. The van der Waals surface area contributed by atoms with Crippen molar-refractivity contribution >= 4 is 17.0 Å². The lowest BCUT2D eigenvalue weighted by molar-refractivity contribution is 0.394. The Morgan fingerprint density at radius 1 is 1.17 bits per heavy atom. The van der Waals surface area contributed by atoms with Crippen LogP contribution in [0.3, 0.4) is 0 Å². The molecule has 1 aromatic carbocycles. The Kier molecular flexibility index (Phi) is 4.04. The topological polar surface area (TPSA) is 43.4 Å². The van der Waals surface area contributed by atoms with Crippen LogP contribution in [0, 0.1) is 6.92 Å². The highest BCUT2D eigenvalue weighted by molar-refractivity contribution is 7.09. The minimum atomic E-state index is 0.757. The number of methoxy groups -OCH3 is 2. The third-order valence-corrected chi connectivity index (χ3v) is 3.58. The quantitative estimate of drug-likeness (QED) is 0.901. The molecule has 0 radical (unpaired) electrons. The first-order valence-electron chi connectivity index (χ1n) is 5.59. The largest absolute Gasteiger partial charge is 0.497 e. The normalized spacial score (nSPS) is 10.2. The van der Waals surface area contributed by atoms with Gasteiger partial charge in [0.15, 0.2) is 0 Å². The van der Waals surface area contributed by atoms with Gasteiger partial charge in [0, 0.05) is 28.8 Å². The van der Waals surface area contributed by atoms with Gasteiger partial charge < -0.3 is 14.8 Å². The molecule has 0 fully saturated rings. The van der Waals surface area contributed by atoms with Crippen LogP contribution < -0.4 is 14.8 Å². The van der Waals surface area contributed by atoms with Gasteiger partial charge in [-0.2, -0.15) is 0 Å². The highest BCUT2D eigenvalue weighted by Crippen LogP contribution is 2.26. The smallest absolute Gasteiger partial charge is 0.124 e. The molecule has 0 amide bonds. The molecule has 96 valence electrons. The first kappa shape index (κ1) is 12.7. The summed E-state index contributed by atoms with van der Waals surface area (Å²) in [5.74, 6) is 1.55. The lowest BCUT2D eigenvalue weighted by Crippen LogP contribution is -2.00. The number of hydrogen-bond acceptors (Lipinski definition) is 5. The molecule has 1 N–H and O–H groups in total. The van der Waals surface area contributed by atoms with Crippen LogP contribution >= 0.6 is 11.3 Å². The molecule has 5 heteroatoms. The molecular formula is C13H16N2O2S. The summed E-state index contributed by atoms with van der Waals surface area (Å²) in [5.41, 5.74) is 3.90. The summed E-state index contributed by atoms with van der Waals surface area (Å²) in [6, 6.07) is 5.74. The second kappa shape index (κ2) is 5.73. The monoisotopic (exact) mass is 264 g/mol. The van der Waals surface area contributed by atoms with Gasteiger partial charge in [0.1, 0.15) is 11.5 Å². The van der Waals surface area contributed by atoms with Crippen LogP contribution in [0.15, 0.2) is 23.7 Å². The molecule has 0 aliphatic carbocycles. The van der Waals surface area contributed by atoms with Gasteiger partial charge in [0.25, 0.3) is 0 Å². The second-order valence-electron chi connectivity index (χ2n) is 3.82. The number of hydrogen-bond donors (Lipinski definition) is 1. The van der Waals surface area contributed by atoms with Crippen molar-refractivity contribution in [3.63, 3.8) is 0 Å². The van der Waals surface area contributed by atoms with E-state index in [1.807, 2.05) is 30.6 Å². The molecule has 0 aliphatic heterocycles. The number of ether oxygens (including phenoxy) is 2. The van der Waals surface area contributed by atoms with Crippen LogP contribution in [0.2, 0.25) is 0 Å². The Morgan fingerprint density at radius 3 is 2.33 bits per heavy atom. The summed E-state index contributed by atoms with van der Waals surface area (Å²) in [7, 11) is 3.29. The zero-order chi connectivity index (χ0) is 13.0. The molecule has 2 aromatic rings. The molecule has 0 atom stereocenters. The van der Waals surface area contributed by atoms with E-state index in [0.29, 0.717) is 0 Å². The van der Waals surface area contributed by atoms with Crippen molar-refractivity contribution in [2.24, 2.45) is 0 Å². The molecular weight excluding hydrogens is 248 g/mol. The van der Waals surface area contributed by atoms with Crippen LogP contribution in [0.4, 0.5) is 5.69 Å². The molecule has 0 saturated carbocycles. The fourth-order valence-electron chi connectivity index (χ4n) is 1.59. The summed E-state index contributed by atoms with van der Waals surface area (Å²) in [6.45, 7) is 2.77. The Morgan fingerprint density at radius 2 is 1.83 bits per heavy atom. The van der Waals surface area contributed by atoms with Crippen LogP contribution in [-0.2, 0) is 6.54 Å². The van der Waals surface area contributed by atoms with E-state index in [0.717, 1.165) is 29.4 Å². The van der Waals surface area contributed by atoms with E-state index in [1.165, 1.54) is 4.88 Å². The van der Waals surface area contributed by atoms with Crippen molar-refractivity contribution in [3.8, 4) is 11.5 Å². The number of anilines is 1. The Labute approximate surface area is 111 Å². The van der Waals surface area contributed by atoms with E-state index >= 15 is 0 Å². The molecule has 4 nitrogen and oxygen atoms in total. The molecule has 0 saturated heterocycles. The maximum Gasteiger partial charge on any atom is 0.124 e. The van der Waals surface area contributed by atoms with Gasteiger partial charge in [-0.1, -0.05) is 0 Å². The molecule has 18 heavy (non-hydrogen) atoms. The van der Waals surface area contributed by atoms with Gasteiger partial charge in [-0.3, -0.25) is 0 Å². The standard InChI is InChI=1S/C13H16N2O2S/c1-9-13(18-8-15-9)7-14-10-4-11(16-2)6-12(5-10)17-3/h4-6,8,14H,7H2,1-3H3.